The van der Waals surface area contributed by atoms with Gasteiger partial charge < -0.3 is 10.6 Å². The van der Waals surface area contributed by atoms with Crippen molar-refractivity contribution in [2.45, 2.75) is 45.6 Å². The Morgan fingerprint density at radius 2 is 1.94 bits per heavy atom. The largest absolute Gasteiger partial charge is 0.341 e. The number of nitrogens with zero attached hydrogens (tertiary/aromatic N) is 1. The molecule has 1 aliphatic carbocycles. The van der Waals surface area contributed by atoms with Crippen molar-refractivity contribution < 1.29 is 4.79 Å². The average Bonchev–Trinajstić information content (AvgIpc) is 2.67. The number of hydrogen-bond acceptors (Lipinski definition) is 2. The molecule has 0 spiro atoms. The predicted molar refractivity (Wildman–Crippen MR) is 64.8 cm³/mol. The summed E-state index contributed by atoms with van der Waals surface area (Å²) in [5, 5.41) is 0. The average molecular weight is 224 g/mol. The van der Waals surface area contributed by atoms with Crippen LogP contribution in [0, 0.1) is 17.8 Å². The third-order valence-electron chi connectivity index (χ3n) is 4.51. The van der Waals surface area contributed by atoms with E-state index in [1.807, 2.05) is 4.90 Å². The fraction of sp³-hybridized carbons (Fsp3) is 0.923. The van der Waals surface area contributed by atoms with E-state index in [9.17, 15) is 4.79 Å². The molecule has 0 radical (unpaired) electrons. The fourth-order valence-corrected chi connectivity index (χ4v) is 3.05. The molecule has 2 aliphatic rings. The number of carbonyl (C=O) groups excluding carboxylic acids is 1. The Balaban J connectivity index is 1.95. The lowest BCUT2D eigenvalue weighted by Crippen LogP contribution is -2.51. The van der Waals surface area contributed by atoms with Gasteiger partial charge in [-0.25, -0.2) is 0 Å². The topological polar surface area (TPSA) is 46.3 Å². The molecular formula is C13H24N2O. The SMILES string of the molecule is CC1CCN(C(=O)C2CCCC2C)CC1N. The van der Waals surface area contributed by atoms with Gasteiger partial charge in [-0.1, -0.05) is 20.3 Å². The molecule has 2 N–H and O–H groups in total. The molecule has 0 aromatic heterocycles. The van der Waals surface area contributed by atoms with Crippen molar-refractivity contribution in [1.82, 2.24) is 4.90 Å². The lowest BCUT2D eigenvalue weighted by atomic mass is 9.91. The molecule has 4 unspecified atom stereocenters. The first-order valence-electron chi connectivity index (χ1n) is 6.64. The molecule has 1 amide bonds. The zero-order valence-electron chi connectivity index (χ0n) is 10.5. The zero-order valence-corrected chi connectivity index (χ0v) is 10.5. The Morgan fingerprint density at radius 3 is 2.50 bits per heavy atom. The molecule has 16 heavy (non-hydrogen) atoms. The van der Waals surface area contributed by atoms with Gasteiger partial charge in [0, 0.05) is 25.0 Å². The molecule has 1 saturated carbocycles. The summed E-state index contributed by atoms with van der Waals surface area (Å²) in [6.07, 6.45) is 4.58. The van der Waals surface area contributed by atoms with Gasteiger partial charge in [0.25, 0.3) is 0 Å². The van der Waals surface area contributed by atoms with E-state index < -0.39 is 0 Å². The van der Waals surface area contributed by atoms with E-state index in [-0.39, 0.29) is 12.0 Å². The second-order valence-electron chi connectivity index (χ2n) is 5.73. The van der Waals surface area contributed by atoms with Crippen LogP contribution in [0.25, 0.3) is 0 Å². The highest BCUT2D eigenvalue weighted by Gasteiger charge is 2.35. The van der Waals surface area contributed by atoms with Crippen molar-refractivity contribution in [3.8, 4) is 0 Å². The third kappa shape index (κ3) is 2.24. The molecular weight excluding hydrogens is 200 g/mol. The first kappa shape index (κ1) is 11.9. The summed E-state index contributed by atoms with van der Waals surface area (Å²) in [5.41, 5.74) is 6.05. The Labute approximate surface area is 98.4 Å². The number of amides is 1. The molecule has 2 rings (SSSR count). The minimum atomic E-state index is 0.175. The van der Waals surface area contributed by atoms with Crippen molar-refractivity contribution in [2.24, 2.45) is 23.5 Å². The first-order valence-corrected chi connectivity index (χ1v) is 6.64. The minimum absolute atomic E-state index is 0.175. The van der Waals surface area contributed by atoms with Gasteiger partial charge in [0.05, 0.1) is 0 Å². The summed E-state index contributed by atoms with van der Waals surface area (Å²) in [6.45, 7) is 6.08. The number of hydrogen-bond donors (Lipinski definition) is 1. The van der Waals surface area contributed by atoms with E-state index in [2.05, 4.69) is 13.8 Å². The van der Waals surface area contributed by atoms with Crippen LogP contribution >= 0.6 is 0 Å². The zero-order chi connectivity index (χ0) is 11.7. The summed E-state index contributed by atoms with van der Waals surface area (Å²) in [4.78, 5) is 14.3. The van der Waals surface area contributed by atoms with E-state index in [0.29, 0.717) is 17.7 Å². The van der Waals surface area contributed by atoms with E-state index >= 15 is 0 Å². The summed E-state index contributed by atoms with van der Waals surface area (Å²) >= 11 is 0. The maximum atomic E-state index is 12.3. The van der Waals surface area contributed by atoms with Gasteiger partial charge in [0.1, 0.15) is 0 Å². The molecule has 0 aromatic carbocycles. The number of nitrogens with two attached hydrogens (primary N) is 1. The first-order chi connectivity index (χ1) is 7.59. The summed E-state index contributed by atoms with van der Waals surface area (Å²) in [6, 6.07) is 0.175. The third-order valence-corrected chi connectivity index (χ3v) is 4.51. The highest BCUT2D eigenvalue weighted by molar-refractivity contribution is 5.79. The molecule has 0 bridgehead atoms. The van der Waals surface area contributed by atoms with Gasteiger partial charge in [-0.2, -0.15) is 0 Å². The number of likely N-dealkylation sites (tertiary alicyclic amines) is 1. The monoisotopic (exact) mass is 224 g/mol. The summed E-state index contributed by atoms with van der Waals surface area (Å²) < 4.78 is 0. The van der Waals surface area contributed by atoms with E-state index in [4.69, 9.17) is 5.73 Å². The molecule has 3 heteroatoms. The molecule has 3 nitrogen and oxygen atoms in total. The van der Waals surface area contributed by atoms with Crippen molar-refractivity contribution >= 4 is 5.91 Å². The van der Waals surface area contributed by atoms with Crippen molar-refractivity contribution in [3.63, 3.8) is 0 Å². The van der Waals surface area contributed by atoms with Crippen molar-refractivity contribution in [1.29, 1.82) is 0 Å². The Bertz CT molecular complexity index is 267. The van der Waals surface area contributed by atoms with Gasteiger partial charge in [0.2, 0.25) is 5.91 Å². The van der Waals surface area contributed by atoms with Crippen LogP contribution in [0.1, 0.15) is 39.5 Å². The normalized spacial score (nSPS) is 40.1. The van der Waals surface area contributed by atoms with Crippen molar-refractivity contribution in [2.75, 3.05) is 13.1 Å². The standard InChI is InChI=1S/C13H24N2O/c1-9-4-3-5-11(9)13(16)15-7-6-10(2)12(14)8-15/h9-12H,3-8,14H2,1-2H3. The van der Waals surface area contributed by atoms with Crippen LogP contribution in [0.2, 0.25) is 0 Å². The van der Waals surface area contributed by atoms with E-state index in [0.717, 1.165) is 25.9 Å². The van der Waals surface area contributed by atoms with Crippen LogP contribution < -0.4 is 5.73 Å². The number of carbonyl (C=O) groups is 1. The molecule has 1 aliphatic heterocycles. The Kier molecular flexibility index (Phi) is 3.53. The molecule has 92 valence electrons. The molecule has 1 heterocycles. The van der Waals surface area contributed by atoms with Crippen LogP contribution in [0.15, 0.2) is 0 Å². The van der Waals surface area contributed by atoms with Crippen molar-refractivity contribution in [3.05, 3.63) is 0 Å². The maximum absolute atomic E-state index is 12.3. The van der Waals surface area contributed by atoms with Gasteiger partial charge in [0.15, 0.2) is 0 Å². The van der Waals surface area contributed by atoms with Crippen LogP contribution in [0.3, 0.4) is 0 Å². The Hall–Kier alpha value is -0.570. The number of piperidine rings is 1. The fourth-order valence-electron chi connectivity index (χ4n) is 3.05. The quantitative estimate of drug-likeness (QED) is 0.735. The van der Waals surface area contributed by atoms with Crippen LogP contribution in [0.4, 0.5) is 0 Å². The van der Waals surface area contributed by atoms with E-state index in [1.165, 1.54) is 12.8 Å². The molecule has 0 aromatic rings. The summed E-state index contributed by atoms with van der Waals surface area (Å²) in [7, 11) is 0. The number of rotatable bonds is 1. The lowest BCUT2D eigenvalue weighted by Gasteiger charge is -2.37. The highest BCUT2D eigenvalue weighted by atomic mass is 16.2. The Morgan fingerprint density at radius 1 is 1.19 bits per heavy atom. The predicted octanol–water partition coefficient (Wildman–Crippen LogP) is 1.62. The molecule has 2 fully saturated rings. The van der Waals surface area contributed by atoms with Gasteiger partial charge in [-0.15, -0.1) is 0 Å². The van der Waals surface area contributed by atoms with Gasteiger partial charge in [-0.05, 0) is 31.1 Å². The maximum Gasteiger partial charge on any atom is 0.226 e. The van der Waals surface area contributed by atoms with Crippen LogP contribution in [-0.2, 0) is 4.79 Å². The van der Waals surface area contributed by atoms with Crippen LogP contribution in [0.5, 0.6) is 0 Å². The van der Waals surface area contributed by atoms with E-state index in [1.54, 1.807) is 0 Å². The highest BCUT2D eigenvalue weighted by Crippen LogP contribution is 2.33. The second kappa shape index (κ2) is 4.74. The molecule has 1 saturated heterocycles. The van der Waals surface area contributed by atoms with Gasteiger partial charge >= 0.3 is 0 Å². The summed E-state index contributed by atoms with van der Waals surface area (Å²) in [5.74, 6) is 1.78. The second-order valence-corrected chi connectivity index (χ2v) is 5.73. The smallest absolute Gasteiger partial charge is 0.226 e. The lowest BCUT2D eigenvalue weighted by molar-refractivity contribution is -0.138. The van der Waals surface area contributed by atoms with Gasteiger partial charge in [-0.3, -0.25) is 4.79 Å². The van der Waals surface area contributed by atoms with Crippen LogP contribution in [-0.4, -0.2) is 29.9 Å². The minimum Gasteiger partial charge on any atom is -0.341 e. The molecule has 4 atom stereocenters.